The Kier molecular flexibility index (Phi) is 37.9. The molecule has 14 rings (SSSR count). The van der Waals surface area contributed by atoms with Crippen LogP contribution >= 0.6 is 0 Å². The predicted molar refractivity (Wildman–Crippen MR) is 455 cm³/mol. The minimum atomic E-state index is -1.80. The highest BCUT2D eigenvalue weighted by Crippen LogP contribution is 2.72. The molecule has 0 radical (unpaired) electrons. The predicted octanol–water partition coefficient (Wildman–Crippen LogP) is -4.22. The summed E-state index contributed by atoms with van der Waals surface area (Å²) in [6.07, 6.45) is -30.8. The summed E-state index contributed by atoms with van der Waals surface area (Å²) in [5, 5.41) is 250. The Morgan fingerprint density at radius 1 is 0.288 bits per heavy atom. The SMILES string of the molecule is CCC[C@@H](C)[C@H]1CC[C@H]2[C@@H]3[C@H](OCCO[C@@H]4OC(CO)[C@@H](O)[C@H](O)C4O)C[C@@H]4C[C@H](O)CC[C@]4(C)[C@H]3C[C@H](OCCO[C@@H]3OC(CO)[C@@H](O)[C@H](O)C3O)[C@]12C.CCC[C@@H](C)[C@H]1CC[C@H]2[C@@H]3[C@H](OCCO[C@@H]4OC(CO)[C@@H](O[C@H]5OC(CO)[C@@H](O)[C@H](O)C5O)[C@H](O)C4O)C[C@@H]4C[C@H](O)CC[C@]4(C)[C@H]3C[C@H](OCCO[C@@H]3OC(CO)[C@@H](O[C@H]4OC(CO)[C@@H](O)[C@H](O)C4O)[C@H](O)C3O)[C@]12C. The number of rotatable bonds is 36. The molecule has 14 aliphatic rings. The lowest BCUT2D eigenvalue weighted by Gasteiger charge is -2.64. The fourth-order valence-corrected chi connectivity index (χ4v) is 27.6. The van der Waals surface area contributed by atoms with Crippen molar-refractivity contribution in [2.24, 2.45) is 92.7 Å². The van der Waals surface area contributed by atoms with Gasteiger partial charge < -0.3 is 198 Å². The third-order valence-electron chi connectivity index (χ3n) is 34.8. The van der Waals surface area contributed by atoms with Crippen LogP contribution in [-0.2, 0) is 75.8 Å². The van der Waals surface area contributed by atoms with E-state index in [9.17, 15) is 123 Å². The molecule has 40 nitrogen and oxygen atoms in total. The summed E-state index contributed by atoms with van der Waals surface area (Å²) < 4.78 is 96.4. The van der Waals surface area contributed by atoms with E-state index in [-0.39, 0.29) is 146 Å². The van der Waals surface area contributed by atoms with Crippen LogP contribution in [0.25, 0.3) is 0 Å². The van der Waals surface area contributed by atoms with Crippen LogP contribution < -0.4 is 0 Å². The van der Waals surface area contributed by atoms with Gasteiger partial charge in [0.2, 0.25) is 0 Å². The molecule has 132 heavy (non-hydrogen) atoms. The number of hydrogen-bond donors (Lipinski definition) is 24. The minimum absolute atomic E-state index is 0.0283. The molecule has 52 atom stereocenters. The summed E-state index contributed by atoms with van der Waals surface area (Å²) in [5.41, 5.74) is -0.673. The lowest BCUT2D eigenvalue weighted by Crippen LogP contribution is -2.64. The van der Waals surface area contributed by atoms with E-state index >= 15 is 0 Å². The van der Waals surface area contributed by atoms with Crippen LogP contribution in [0.15, 0.2) is 0 Å². The van der Waals surface area contributed by atoms with E-state index < -0.39 is 230 Å². The molecule has 6 aliphatic heterocycles. The van der Waals surface area contributed by atoms with Gasteiger partial charge in [-0.3, -0.25) is 0 Å². The van der Waals surface area contributed by atoms with Gasteiger partial charge in [-0.05, 0) is 172 Å². The summed E-state index contributed by atoms with van der Waals surface area (Å²) in [6, 6.07) is 0. The molecule has 8 saturated carbocycles. The van der Waals surface area contributed by atoms with Gasteiger partial charge in [-0.25, -0.2) is 0 Å². The molecular weight excluding hydrogens is 1740 g/mol. The Hall–Kier alpha value is -1.60. The third kappa shape index (κ3) is 21.6. The highest BCUT2D eigenvalue weighted by molar-refractivity contribution is 5.18. The van der Waals surface area contributed by atoms with Crippen LogP contribution in [0.5, 0.6) is 0 Å². The second kappa shape index (κ2) is 46.4. The van der Waals surface area contributed by atoms with Crippen LogP contribution in [0.3, 0.4) is 0 Å². The van der Waals surface area contributed by atoms with Crippen molar-refractivity contribution in [2.75, 3.05) is 92.5 Å². The van der Waals surface area contributed by atoms with E-state index in [2.05, 4.69) is 55.4 Å². The molecule has 768 valence electrons. The number of fused-ring (bicyclic) bond motifs is 10. The molecule has 0 aromatic carbocycles. The molecule has 12 unspecified atom stereocenters. The molecule has 6 heterocycles. The summed E-state index contributed by atoms with van der Waals surface area (Å²) in [7, 11) is 0. The maximum absolute atomic E-state index is 11.2. The Bertz CT molecular complexity index is 3450. The Morgan fingerprint density at radius 2 is 0.561 bits per heavy atom. The van der Waals surface area contributed by atoms with Gasteiger partial charge >= 0.3 is 0 Å². The average Bonchev–Trinajstić information content (AvgIpc) is 1.49. The first kappa shape index (κ1) is 108. The first-order valence-corrected chi connectivity index (χ1v) is 49.0. The van der Waals surface area contributed by atoms with Crippen LogP contribution in [0.1, 0.15) is 171 Å². The molecule has 40 heteroatoms. The minimum Gasteiger partial charge on any atom is -0.394 e. The summed E-state index contributed by atoms with van der Waals surface area (Å²) >= 11 is 0. The molecular formula is C92H160O40. The fraction of sp³-hybridized carbons (Fsp3) is 1.00. The number of hydrogen-bond acceptors (Lipinski definition) is 40. The first-order valence-electron chi connectivity index (χ1n) is 49.0. The topological polar surface area (TPSA) is 633 Å². The first-order chi connectivity index (χ1) is 62.9. The summed E-state index contributed by atoms with van der Waals surface area (Å²) in [4.78, 5) is 0. The van der Waals surface area contributed by atoms with Gasteiger partial charge in [-0.15, -0.1) is 0 Å². The zero-order valence-electron chi connectivity index (χ0n) is 77.6. The molecule has 0 spiro atoms. The van der Waals surface area contributed by atoms with E-state index in [0.717, 1.165) is 83.5 Å². The van der Waals surface area contributed by atoms with Crippen LogP contribution in [-0.4, -0.2) is 436 Å². The third-order valence-corrected chi connectivity index (χ3v) is 34.8. The second-order valence-electron chi connectivity index (χ2n) is 41.8. The van der Waals surface area contributed by atoms with Crippen molar-refractivity contribution >= 4 is 0 Å². The van der Waals surface area contributed by atoms with Gasteiger partial charge in [0, 0.05) is 10.8 Å². The fourth-order valence-electron chi connectivity index (χ4n) is 27.6. The van der Waals surface area contributed by atoms with Gasteiger partial charge in [0.1, 0.15) is 146 Å². The maximum Gasteiger partial charge on any atom is 0.187 e. The Labute approximate surface area is 772 Å². The van der Waals surface area contributed by atoms with Gasteiger partial charge in [-0.2, -0.15) is 0 Å². The van der Waals surface area contributed by atoms with Crippen molar-refractivity contribution in [1.29, 1.82) is 0 Å². The van der Waals surface area contributed by atoms with E-state index in [1.807, 2.05) is 0 Å². The quantitative estimate of drug-likeness (QED) is 0.0264. The highest BCUT2D eigenvalue weighted by Gasteiger charge is 2.70. The zero-order valence-corrected chi connectivity index (χ0v) is 77.6. The van der Waals surface area contributed by atoms with Gasteiger partial charge in [0.05, 0.1) is 129 Å². The second-order valence-corrected chi connectivity index (χ2v) is 41.8. The van der Waals surface area contributed by atoms with Crippen molar-refractivity contribution < 1.29 is 198 Å². The number of aliphatic hydroxyl groups excluding tert-OH is 24. The summed E-state index contributed by atoms with van der Waals surface area (Å²) in [5.74, 6) is 3.12. The molecule has 0 amide bonds. The lowest BCUT2D eigenvalue weighted by atomic mass is 9.43. The standard InChI is InChI=1S/C52H90O25.C40H70O15/c1-5-6-22(2)25-7-8-26-34-27(17-33(52(25,26)4)69-12-14-71-48-44(67)40(63)46(32(21-56)75-48)77-50-42(65)38(61)36(59)30(19-54)73-50)51(3)10-9-24(57)15-23(51)16-28(34)68-11-13-70-47-43(66)39(62)45(31(20-55)74-47)76-49-41(64)37(60)35(58)29(18-53)72-49;1-5-6-20(2)23-7-8-24-30-25(17-29(40(23,24)4)51-12-14-53-38-36(49)34(47)32(45)28(19-42)55-38)39(3)10-9-22(43)15-21(39)16-26(30)50-11-13-52-37-35(48)33(46)31(44)27(18-41)54-37/h22-50,53-67H,5-21H2,1-4H3;20-38,41-49H,5-19H2,1-4H3/t22-,23+,24-,25-,26+,27+,28-,29?,30?,31?,32?,33+,34+,35-,36-,37+,38+,39-,40-,41?,42?,43?,44?,45-,46-,47-,48-,49-,50-,51+,52-;20-,21+,22-,23-,24+,25+,26-,27?,28?,29+,30+,31-,32-,33+,34+,35?,36?,37-,38-,39+,40-/m11/s1. The van der Waals surface area contributed by atoms with Gasteiger partial charge in [0.25, 0.3) is 0 Å². The molecule has 0 aromatic heterocycles. The smallest absolute Gasteiger partial charge is 0.187 e. The largest absolute Gasteiger partial charge is 0.394 e. The van der Waals surface area contributed by atoms with Crippen LogP contribution in [0.2, 0.25) is 0 Å². The van der Waals surface area contributed by atoms with E-state index in [0.29, 0.717) is 61.7 Å². The number of aliphatic hydroxyl groups is 24. The molecule has 6 saturated heterocycles. The monoisotopic (exact) mass is 1910 g/mol. The van der Waals surface area contributed by atoms with Crippen molar-refractivity contribution in [3.8, 4) is 0 Å². The van der Waals surface area contributed by atoms with Crippen molar-refractivity contribution in [2.45, 2.75) is 392 Å². The van der Waals surface area contributed by atoms with Crippen molar-refractivity contribution in [3.05, 3.63) is 0 Å². The molecule has 0 bridgehead atoms. The van der Waals surface area contributed by atoms with Crippen molar-refractivity contribution in [1.82, 2.24) is 0 Å². The normalized spacial score (nSPS) is 51.2. The Morgan fingerprint density at radius 3 is 0.864 bits per heavy atom. The zero-order chi connectivity index (χ0) is 95.7. The molecule has 14 fully saturated rings. The van der Waals surface area contributed by atoms with E-state index in [1.54, 1.807) is 0 Å². The van der Waals surface area contributed by atoms with Gasteiger partial charge in [-0.1, -0.05) is 81.1 Å². The van der Waals surface area contributed by atoms with Crippen molar-refractivity contribution in [3.63, 3.8) is 0 Å². The molecule has 24 N–H and O–H groups in total. The van der Waals surface area contributed by atoms with Gasteiger partial charge in [0.15, 0.2) is 37.7 Å². The van der Waals surface area contributed by atoms with Crippen LogP contribution in [0.4, 0.5) is 0 Å². The van der Waals surface area contributed by atoms with Crippen LogP contribution in [0, 0.1) is 92.7 Å². The molecule has 0 aromatic rings. The average molecular weight is 1910 g/mol. The van der Waals surface area contributed by atoms with E-state index in [1.165, 1.54) is 0 Å². The Balaban J connectivity index is 0.000000237. The molecule has 8 aliphatic carbocycles. The summed E-state index contributed by atoms with van der Waals surface area (Å²) in [6.45, 7) is 15.2. The maximum atomic E-state index is 11.2. The number of ether oxygens (including phenoxy) is 16. The highest BCUT2D eigenvalue weighted by atomic mass is 16.8. The van der Waals surface area contributed by atoms with E-state index in [4.69, 9.17) is 75.8 Å². The lowest BCUT2D eigenvalue weighted by molar-refractivity contribution is -0.360.